The third-order valence-electron chi connectivity index (χ3n) is 1.58. The molecule has 2 heterocycles. The summed E-state index contributed by atoms with van der Waals surface area (Å²) in [6.07, 6.45) is 1.75. The second kappa shape index (κ2) is 2.81. The molecular weight excluding hydrogens is 287 g/mol. The van der Waals surface area contributed by atoms with Gasteiger partial charge in [-0.15, -0.1) is 11.3 Å². The summed E-state index contributed by atoms with van der Waals surface area (Å²) in [5, 5.41) is 1.86. The number of thiazole rings is 1. The monoisotopic (exact) mass is 292 g/mol. The van der Waals surface area contributed by atoms with Crippen molar-refractivity contribution in [2.24, 2.45) is 0 Å². The Morgan fingerprint density at radius 2 is 2.42 bits per heavy atom. The molecule has 2 aromatic rings. The van der Waals surface area contributed by atoms with E-state index >= 15 is 0 Å². The van der Waals surface area contributed by atoms with Crippen LogP contribution in [-0.4, -0.2) is 9.38 Å². The summed E-state index contributed by atoms with van der Waals surface area (Å²) in [5.74, 6) is 0. The van der Waals surface area contributed by atoms with E-state index in [9.17, 15) is 4.79 Å². The molecule has 0 aliphatic rings. The molecule has 12 heavy (non-hydrogen) atoms. The van der Waals surface area contributed by atoms with Crippen molar-refractivity contribution in [2.75, 3.05) is 0 Å². The van der Waals surface area contributed by atoms with Gasteiger partial charge in [0.05, 0.1) is 5.69 Å². The van der Waals surface area contributed by atoms with Crippen LogP contribution < -0.4 is 5.56 Å². The fourth-order valence-corrected chi connectivity index (χ4v) is 2.09. The standard InChI is InChI=1S/C7H5IN2OS/c1-4-5(8)6(11)10-2-3-12-7(10)9-4/h2-3H,1H3. The van der Waals surface area contributed by atoms with Gasteiger partial charge in [-0.3, -0.25) is 9.20 Å². The molecule has 0 aliphatic heterocycles. The van der Waals surface area contributed by atoms with Crippen LogP contribution in [0.3, 0.4) is 0 Å². The molecule has 3 nitrogen and oxygen atoms in total. The molecule has 2 aromatic heterocycles. The Bertz CT molecular complexity index is 488. The summed E-state index contributed by atoms with van der Waals surface area (Å²) >= 11 is 3.50. The summed E-state index contributed by atoms with van der Waals surface area (Å²) in [7, 11) is 0. The van der Waals surface area contributed by atoms with Gasteiger partial charge in [0.25, 0.3) is 5.56 Å². The van der Waals surface area contributed by atoms with Gasteiger partial charge in [-0.05, 0) is 29.5 Å². The SMILES string of the molecule is Cc1nc2sccn2c(=O)c1I. The predicted molar refractivity (Wildman–Crippen MR) is 56.8 cm³/mol. The maximum atomic E-state index is 11.5. The van der Waals surface area contributed by atoms with E-state index in [1.807, 2.05) is 34.9 Å². The van der Waals surface area contributed by atoms with E-state index in [0.29, 0.717) is 3.57 Å². The molecule has 0 fully saturated rings. The first-order valence-corrected chi connectivity index (χ1v) is 5.28. The Labute approximate surface area is 86.2 Å². The number of fused-ring (bicyclic) bond motifs is 1. The van der Waals surface area contributed by atoms with E-state index in [2.05, 4.69) is 4.98 Å². The topological polar surface area (TPSA) is 34.4 Å². The quantitative estimate of drug-likeness (QED) is 0.692. The van der Waals surface area contributed by atoms with Crippen molar-refractivity contribution in [3.8, 4) is 0 Å². The number of nitrogens with zero attached hydrogens (tertiary/aromatic N) is 2. The molecule has 0 saturated carbocycles. The lowest BCUT2D eigenvalue weighted by Crippen LogP contribution is -2.17. The van der Waals surface area contributed by atoms with Crippen molar-refractivity contribution in [3.63, 3.8) is 0 Å². The molecule has 0 N–H and O–H groups in total. The van der Waals surface area contributed by atoms with Crippen LogP contribution >= 0.6 is 33.9 Å². The third kappa shape index (κ3) is 1.08. The van der Waals surface area contributed by atoms with E-state index in [-0.39, 0.29) is 5.56 Å². The number of hydrogen-bond donors (Lipinski definition) is 0. The molecule has 0 spiro atoms. The lowest BCUT2D eigenvalue weighted by Gasteiger charge is -1.96. The minimum Gasteiger partial charge on any atom is -0.268 e. The highest BCUT2D eigenvalue weighted by molar-refractivity contribution is 14.1. The van der Waals surface area contributed by atoms with Gasteiger partial charge in [0, 0.05) is 11.6 Å². The second-order valence-corrected chi connectivity index (χ2v) is 4.32. The van der Waals surface area contributed by atoms with Crippen molar-refractivity contribution in [1.82, 2.24) is 9.38 Å². The molecule has 0 unspecified atom stereocenters. The van der Waals surface area contributed by atoms with E-state index in [1.165, 1.54) is 11.3 Å². The summed E-state index contributed by atoms with van der Waals surface area (Å²) in [5.41, 5.74) is 0.836. The van der Waals surface area contributed by atoms with Crippen molar-refractivity contribution < 1.29 is 0 Å². The van der Waals surface area contributed by atoms with Gasteiger partial charge in [-0.1, -0.05) is 0 Å². The van der Waals surface area contributed by atoms with Crippen LogP contribution in [0.2, 0.25) is 0 Å². The minimum atomic E-state index is 0.0272. The van der Waals surface area contributed by atoms with Crippen LogP contribution in [0, 0.1) is 10.5 Å². The highest BCUT2D eigenvalue weighted by Crippen LogP contribution is 2.10. The molecule has 0 atom stereocenters. The molecular formula is C7H5IN2OS. The fourth-order valence-electron chi connectivity index (χ4n) is 0.961. The summed E-state index contributed by atoms with van der Waals surface area (Å²) < 4.78 is 2.27. The van der Waals surface area contributed by atoms with E-state index < -0.39 is 0 Å². The highest BCUT2D eigenvalue weighted by Gasteiger charge is 2.05. The van der Waals surface area contributed by atoms with E-state index in [0.717, 1.165) is 10.7 Å². The van der Waals surface area contributed by atoms with E-state index in [1.54, 1.807) is 10.6 Å². The van der Waals surface area contributed by atoms with Gasteiger partial charge in [0.2, 0.25) is 0 Å². The third-order valence-corrected chi connectivity index (χ3v) is 3.58. The molecule has 0 radical (unpaired) electrons. The summed E-state index contributed by atoms with van der Waals surface area (Å²) in [6, 6.07) is 0. The van der Waals surface area contributed by atoms with Crippen LogP contribution in [-0.2, 0) is 0 Å². The highest BCUT2D eigenvalue weighted by atomic mass is 127. The summed E-state index contributed by atoms with van der Waals surface area (Å²) in [6.45, 7) is 1.85. The first kappa shape index (κ1) is 8.18. The maximum Gasteiger partial charge on any atom is 0.272 e. The molecule has 0 aliphatic carbocycles. The Kier molecular flexibility index (Phi) is 1.91. The van der Waals surface area contributed by atoms with Gasteiger partial charge in [-0.25, -0.2) is 4.98 Å². The average molecular weight is 292 g/mol. The van der Waals surface area contributed by atoms with Crippen molar-refractivity contribution in [1.29, 1.82) is 0 Å². The van der Waals surface area contributed by atoms with Gasteiger partial charge >= 0.3 is 0 Å². The molecule has 0 amide bonds. The zero-order chi connectivity index (χ0) is 8.72. The summed E-state index contributed by atoms with van der Waals surface area (Å²) in [4.78, 5) is 16.6. The van der Waals surface area contributed by atoms with Crippen LogP contribution in [0.1, 0.15) is 5.69 Å². The van der Waals surface area contributed by atoms with Crippen molar-refractivity contribution in [2.45, 2.75) is 6.92 Å². The average Bonchev–Trinajstić information content (AvgIpc) is 2.48. The Morgan fingerprint density at radius 3 is 3.17 bits per heavy atom. The largest absolute Gasteiger partial charge is 0.272 e. The minimum absolute atomic E-state index is 0.0272. The lowest BCUT2D eigenvalue weighted by atomic mass is 10.4. The first-order chi connectivity index (χ1) is 5.70. The zero-order valence-corrected chi connectivity index (χ0v) is 9.22. The van der Waals surface area contributed by atoms with Gasteiger partial charge < -0.3 is 0 Å². The lowest BCUT2D eigenvalue weighted by molar-refractivity contribution is 1.03. The second-order valence-electron chi connectivity index (χ2n) is 2.37. The molecule has 0 aromatic carbocycles. The number of aromatic nitrogens is 2. The Hall–Kier alpha value is -0.430. The number of aryl methyl sites for hydroxylation is 1. The van der Waals surface area contributed by atoms with Crippen LogP contribution in [0.4, 0.5) is 0 Å². The van der Waals surface area contributed by atoms with Crippen LogP contribution in [0.5, 0.6) is 0 Å². The van der Waals surface area contributed by atoms with Gasteiger partial charge in [0.15, 0.2) is 4.96 Å². The Morgan fingerprint density at radius 1 is 1.67 bits per heavy atom. The fraction of sp³-hybridized carbons (Fsp3) is 0.143. The molecule has 0 saturated heterocycles. The first-order valence-electron chi connectivity index (χ1n) is 3.32. The molecule has 62 valence electrons. The van der Waals surface area contributed by atoms with Crippen LogP contribution in [0.15, 0.2) is 16.4 Å². The maximum absolute atomic E-state index is 11.5. The van der Waals surface area contributed by atoms with Gasteiger partial charge in [-0.2, -0.15) is 0 Å². The van der Waals surface area contributed by atoms with Crippen molar-refractivity contribution >= 4 is 38.9 Å². The zero-order valence-electron chi connectivity index (χ0n) is 6.24. The smallest absolute Gasteiger partial charge is 0.268 e. The van der Waals surface area contributed by atoms with Crippen molar-refractivity contribution in [3.05, 3.63) is 31.2 Å². The number of rotatable bonds is 0. The molecule has 5 heteroatoms. The molecule has 0 bridgehead atoms. The normalized spacial score (nSPS) is 10.8. The number of hydrogen-bond acceptors (Lipinski definition) is 3. The predicted octanol–water partition coefficient (Wildman–Crippen LogP) is 1.67. The van der Waals surface area contributed by atoms with Gasteiger partial charge in [0.1, 0.15) is 3.57 Å². The van der Waals surface area contributed by atoms with Crippen LogP contribution in [0.25, 0.3) is 4.96 Å². The van der Waals surface area contributed by atoms with E-state index in [4.69, 9.17) is 0 Å². The molecule has 2 rings (SSSR count). The number of halogens is 1. The Balaban J connectivity index is 3.05.